The number of benzene rings is 1. The van der Waals surface area contributed by atoms with Gasteiger partial charge in [0.05, 0.1) is 29.7 Å². The van der Waals surface area contributed by atoms with Gasteiger partial charge in [-0.1, -0.05) is 17.3 Å². The Bertz CT molecular complexity index is 936. The fourth-order valence-electron chi connectivity index (χ4n) is 2.31. The maximum atomic E-state index is 12.8. The van der Waals surface area contributed by atoms with Gasteiger partial charge in [-0.3, -0.25) is 5.32 Å². The van der Waals surface area contributed by atoms with Gasteiger partial charge in [-0.05, 0) is 19.1 Å². The van der Waals surface area contributed by atoms with Crippen LogP contribution in [0.15, 0.2) is 35.8 Å². The van der Waals surface area contributed by atoms with Gasteiger partial charge in [0.15, 0.2) is 5.13 Å². The molecule has 0 unspecified atom stereocenters. The van der Waals surface area contributed by atoms with Gasteiger partial charge < -0.3 is 5.32 Å². The van der Waals surface area contributed by atoms with Crippen molar-refractivity contribution in [2.75, 3.05) is 5.32 Å². The number of amides is 2. The molecule has 0 spiro atoms. The number of carbonyl (C=O) groups excluding carboxylic acids is 1. The molecule has 2 heterocycles. The number of thiazole rings is 1. The van der Waals surface area contributed by atoms with Crippen molar-refractivity contribution in [2.24, 2.45) is 0 Å². The van der Waals surface area contributed by atoms with Crippen molar-refractivity contribution in [1.82, 2.24) is 25.3 Å². The highest BCUT2D eigenvalue weighted by atomic mass is 32.1. The zero-order chi connectivity index (χ0) is 19.4. The molecule has 0 atom stereocenters. The zero-order valence-corrected chi connectivity index (χ0v) is 14.9. The first kappa shape index (κ1) is 18.8. The maximum absolute atomic E-state index is 12.8. The Morgan fingerprint density at radius 1 is 1.33 bits per heavy atom. The zero-order valence-electron chi connectivity index (χ0n) is 14.1. The minimum Gasteiger partial charge on any atom is -0.332 e. The summed E-state index contributed by atoms with van der Waals surface area (Å²) in [5.74, 6) is 0. The van der Waals surface area contributed by atoms with Gasteiger partial charge in [-0.2, -0.15) is 13.2 Å². The van der Waals surface area contributed by atoms with Crippen molar-refractivity contribution < 1.29 is 18.0 Å². The Labute approximate surface area is 156 Å². The first-order chi connectivity index (χ1) is 12.9. The fourth-order valence-corrected chi connectivity index (χ4v) is 3.03. The molecule has 0 aliphatic carbocycles. The second-order valence-corrected chi connectivity index (χ2v) is 6.32. The molecule has 0 aliphatic rings. The molecule has 27 heavy (non-hydrogen) atoms. The predicted octanol–water partition coefficient (Wildman–Crippen LogP) is 3.76. The molecule has 11 heteroatoms. The van der Waals surface area contributed by atoms with E-state index in [1.807, 2.05) is 6.92 Å². The molecule has 0 fully saturated rings. The molecular formula is C16H15F3N6OS. The smallest absolute Gasteiger partial charge is 0.332 e. The van der Waals surface area contributed by atoms with Crippen LogP contribution < -0.4 is 10.6 Å². The number of urea groups is 1. The Balaban J connectivity index is 1.63. The van der Waals surface area contributed by atoms with Crippen LogP contribution in [0.2, 0.25) is 0 Å². The first-order valence-electron chi connectivity index (χ1n) is 7.92. The highest BCUT2D eigenvalue weighted by molar-refractivity contribution is 7.14. The van der Waals surface area contributed by atoms with Crippen LogP contribution in [0.3, 0.4) is 0 Å². The van der Waals surface area contributed by atoms with Crippen molar-refractivity contribution in [2.45, 2.75) is 26.2 Å². The Kier molecular flexibility index (Phi) is 5.40. The van der Waals surface area contributed by atoms with Crippen LogP contribution in [-0.4, -0.2) is 26.0 Å². The second kappa shape index (κ2) is 7.74. The molecule has 3 aromatic rings. The summed E-state index contributed by atoms with van der Waals surface area (Å²) in [7, 11) is 0. The molecule has 0 saturated heterocycles. The summed E-state index contributed by atoms with van der Waals surface area (Å²) in [5, 5.41) is 14.7. The third kappa shape index (κ3) is 4.61. The normalized spacial score (nSPS) is 11.4. The van der Waals surface area contributed by atoms with E-state index >= 15 is 0 Å². The lowest BCUT2D eigenvalue weighted by molar-refractivity contribution is -0.137. The van der Waals surface area contributed by atoms with Crippen molar-refractivity contribution in [3.63, 3.8) is 0 Å². The molecule has 2 N–H and O–H groups in total. The lowest BCUT2D eigenvalue weighted by Gasteiger charge is -2.07. The average molecular weight is 396 g/mol. The predicted molar refractivity (Wildman–Crippen MR) is 94.1 cm³/mol. The number of nitrogens with zero attached hydrogens (tertiary/aromatic N) is 4. The molecule has 0 saturated carbocycles. The summed E-state index contributed by atoms with van der Waals surface area (Å²) in [6, 6.07) is 4.40. The van der Waals surface area contributed by atoms with Crippen LogP contribution >= 0.6 is 11.3 Å². The highest BCUT2D eigenvalue weighted by Gasteiger charge is 2.30. The number of carbonyl (C=O) groups is 1. The maximum Gasteiger partial charge on any atom is 0.416 e. The minimum absolute atomic E-state index is 0.235. The summed E-state index contributed by atoms with van der Waals surface area (Å²) < 4.78 is 40.1. The molecule has 1 aromatic carbocycles. The molecule has 7 nitrogen and oxygen atoms in total. The van der Waals surface area contributed by atoms with Crippen LogP contribution in [0.5, 0.6) is 0 Å². The van der Waals surface area contributed by atoms with Crippen LogP contribution in [-0.2, 0) is 19.3 Å². The third-order valence-electron chi connectivity index (χ3n) is 3.64. The van der Waals surface area contributed by atoms with E-state index in [0.717, 1.165) is 29.2 Å². The summed E-state index contributed by atoms with van der Waals surface area (Å²) in [6.07, 6.45) is -2.87. The number of halogens is 3. The van der Waals surface area contributed by atoms with E-state index in [1.165, 1.54) is 12.1 Å². The van der Waals surface area contributed by atoms with Gasteiger partial charge in [0.1, 0.15) is 0 Å². The van der Waals surface area contributed by atoms with Crippen LogP contribution in [0.25, 0.3) is 11.3 Å². The number of hydrogen-bond acceptors (Lipinski definition) is 5. The lowest BCUT2D eigenvalue weighted by Crippen LogP contribution is -2.29. The monoisotopic (exact) mass is 396 g/mol. The van der Waals surface area contributed by atoms with E-state index in [4.69, 9.17) is 0 Å². The number of rotatable bonds is 5. The molecule has 0 aliphatic heterocycles. The van der Waals surface area contributed by atoms with Gasteiger partial charge in [0.25, 0.3) is 0 Å². The SMILES string of the molecule is CCn1nncc1CNC(=O)Nc1nc(-c2cccc(C(F)(F)F)c2)cs1. The summed E-state index contributed by atoms with van der Waals surface area (Å²) >= 11 is 1.12. The lowest BCUT2D eigenvalue weighted by atomic mass is 10.1. The van der Waals surface area contributed by atoms with Crippen molar-refractivity contribution in [3.05, 3.63) is 47.1 Å². The third-order valence-corrected chi connectivity index (χ3v) is 4.40. The molecule has 142 valence electrons. The number of hydrogen-bond donors (Lipinski definition) is 2. The van der Waals surface area contributed by atoms with Crippen molar-refractivity contribution in [3.8, 4) is 11.3 Å². The number of alkyl halides is 3. The minimum atomic E-state index is -4.42. The first-order valence-corrected chi connectivity index (χ1v) is 8.80. The van der Waals surface area contributed by atoms with Gasteiger partial charge in [-0.25, -0.2) is 14.5 Å². The van der Waals surface area contributed by atoms with Gasteiger partial charge >= 0.3 is 12.2 Å². The highest BCUT2D eigenvalue weighted by Crippen LogP contribution is 2.33. The Hall–Kier alpha value is -2.95. The number of aromatic nitrogens is 4. The summed E-state index contributed by atoms with van der Waals surface area (Å²) in [5.41, 5.74) is 0.681. The number of anilines is 1. The number of aryl methyl sites for hydroxylation is 1. The van der Waals surface area contributed by atoms with E-state index in [1.54, 1.807) is 16.3 Å². The quantitative estimate of drug-likeness (QED) is 0.688. The van der Waals surface area contributed by atoms with E-state index < -0.39 is 17.8 Å². The fraction of sp³-hybridized carbons (Fsp3) is 0.250. The Morgan fingerprint density at radius 3 is 2.89 bits per heavy atom. The van der Waals surface area contributed by atoms with Crippen molar-refractivity contribution in [1.29, 1.82) is 0 Å². The molecular weight excluding hydrogens is 381 g/mol. The van der Waals surface area contributed by atoms with Gasteiger partial charge in [-0.15, -0.1) is 16.4 Å². The molecule has 3 rings (SSSR count). The summed E-state index contributed by atoms with van der Waals surface area (Å²) in [6.45, 7) is 2.77. The average Bonchev–Trinajstić information content (AvgIpc) is 3.28. The van der Waals surface area contributed by atoms with Crippen LogP contribution in [0.1, 0.15) is 18.2 Å². The van der Waals surface area contributed by atoms with E-state index in [9.17, 15) is 18.0 Å². The number of nitrogens with one attached hydrogen (secondary N) is 2. The molecule has 0 bridgehead atoms. The summed E-state index contributed by atoms with van der Waals surface area (Å²) in [4.78, 5) is 16.2. The molecule has 2 aromatic heterocycles. The topological polar surface area (TPSA) is 84.7 Å². The van der Waals surface area contributed by atoms with Gasteiger partial charge in [0, 0.05) is 17.5 Å². The second-order valence-electron chi connectivity index (χ2n) is 5.47. The molecule has 2 amide bonds. The largest absolute Gasteiger partial charge is 0.416 e. The van der Waals surface area contributed by atoms with Crippen LogP contribution in [0.4, 0.5) is 23.1 Å². The van der Waals surface area contributed by atoms with E-state index in [0.29, 0.717) is 17.8 Å². The Morgan fingerprint density at radius 2 is 2.15 bits per heavy atom. The van der Waals surface area contributed by atoms with Gasteiger partial charge in [0.2, 0.25) is 0 Å². The standard InChI is InChI=1S/C16H15F3N6OS/c1-2-25-12(8-21-24-25)7-20-14(26)23-15-22-13(9-27-15)10-4-3-5-11(6-10)16(17,18)19/h3-6,8-9H,2,7H2,1H3,(H2,20,22,23,26). The molecule has 0 radical (unpaired) electrons. The van der Waals surface area contributed by atoms with Crippen molar-refractivity contribution >= 4 is 22.5 Å². The van der Waals surface area contributed by atoms with E-state index in [-0.39, 0.29) is 11.7 Å². The van der Waals surface area contributed by atoms with Crippen LogP contribution in [0, 0.1) is 0 Å². The van der Waals surface area contributed by atoms with E-state index in [2.05, 4.69) is 25.9 Å².